The van der Waals surface area contributed by atoms with Crippen molar-refractivity contribution in [1.29, 1.82) is 0 Å². The van der Waals surface area contributed by atoms with Crippen LogP contribution in [-0.2, 0) is 19.1 Å². The molecule has 0 saturated carbocycles. The Labute approximate surface area is 174 Å². The maximum atomic E-state index is 12.1. The number of amides is 1. The third kappa shape index (κ3) is 7.05. The molecule has 0 unspecified atom stereocenters. The Morgan fingerprint density at radius 2 is 1.63 bits per heavy atom. The van der Waals surface area contributed by atoms with Gasteiger partial charge in [0.05, 0.1) is 19.8 Å². The van der Waals surface area contributed by atoms with E-state index in [-0.39, 0.29) is 37.6 Å². The van der Waals surface area contributed by atoms with Crippen molar-refractivity contribution in [1.82, 2.24) is 0 Å². The van der Waals surface area contributed by atoms with Gasteiger partial charge in [-0.3, -0.25) is 14.4 Å². The van der Waals surface area contributed by atoms with Crippen molar-refractivity contribution in [2.24, 2.45) is 0 Å². The van der Waals surface area contributed by atoms with Gasteiger partial charge in [-0.25, -0.2) is 4.79 Å². The minimum atomic E-state index is -0.554. The zero-order valence-corrected chi connectivity index (χ0v) is 16.8. The van der Waals surface area contributed by atoms with Crippen molar-refractivity contribution < 1.29 is 33.4 Å². The van der Waals surface area contributed by atoms with Crippen LogP contribution in [0.3, 0.4) is 0 Å². The molecule has 0 aromatic heterocycles. The Bertz CT molecular complexity index is 906. The third-order valence-electron chi connectivity index (χ3n) is 4.13. The summed E-state index contributed by atoms with van der Waals surface area (Å²) < 4.78 is 14.6. The molecule has 30 heavy (non-hydrogen) atoms. The molecule has 0 saturated heterocycles. The molecule has 0 atom stereocenters. The van der Waals surface area contributed by atoms with Gasteiger partial charge in [0, 0.05) is 24.1 Å². The van der Waals surface area contributed by atoms with Gasteiger partial charge in [-0.1, -0.05) is 12.1 Å². The van der Waals surface area contributed by atoms with E-state index in [0.717, 1.165) is 0 Å². The van der Waals surface area contributed by atoms with Gasteiger partial charge in [0.2, 0.25) is 5.91 Å². The van der Waals surface area contributed by atoms with Gasteiger partial charge < -0.3 is 19.5 Å². The Morgan fingerprint density at radius 3 is 2.30 bits per heavy atom. The van der Waals surface area contributed by atoms with E-state index in [4.69, 9.17) is 9.47 Å². The van der Waals surface area contributed by atoms with Crippen LogP contribution in [-0.4, -0.2) is 44.5 Å². The van der Waals surface area contributed by atoms with Crippen molar-refractivity contribution >= 4 is 29.3 Å². The summed E-state index contributed by atoms with van der Waals surface area (Å²) in [4.78, 5) is 47.2. The first-order chi connectivity index (χ1) is 14.4. The monoisotopic (exact) mass is 413 g/mol. The molecular formula is C22H23NO7. The van der Waals surface area contributed by atoms with Crippen LogP contribution in [0.4, 0.5) is 5.69 Å². The number of ether oxygens (including phenoxy) is 3. The predicted molar refractivity (Wildman–Crippen MR) is 109 cm³/mol. The van der Waals surface area contributed by atoms with Gasteiger partial charge in [-0.15, -0.1) is 0 Å². The molecule has 0 radical (unpaired) electrons. The third-order valence-corrected chi connectivity index (χ3v) is 4.13. The van der Waals surface area contributed by atoms with Crippen molar-refractivity contribution in [3.05, 3.63) is 59.7 Å². The molecular weight excluding hydrogens is 390 g/mol. The molecule has 0 fully saturated rings. The van der Waals surface area contributed by atoms with Crippen LogP contribution in [0.1, 0.15) is 40.0 Å². The van der Waals surface area contributed by atoms with Crippen molar-refractivity contribution in [2.45, 2.75) is 19.3 Å². The molecule has 2 aromatic carbocycles. The maximum absolute atomic E-state index is 12.1. The summed E-state index contributed by atoms with van der Waals surface area (Å²) in [6.07, 6.45) is 0.399. The van der Waals surface area contributed by atoms with Crippen LogP contribution in [0, 0.1) is 0 Å². The number of methoxy groups -OCH3 is 2. The molecule has 0 aliphatic carbocycles. The van der Waals surface area contributed by atoms with Crippen molar-refractivity contribution in [3.8, 4) is 5.75 Å². The van der Waals surface area contributed by atoms with E-state index >= 15 is 0 Å². The van der Waals surface area contributed by atoms with Crippen LogP contribution >= 0.6 is 0 Å². The predicted octanol–water partition coefficient (Wildman–Crippen LogP) is 3.02. The quantitative estimate of drug-likeness (QED) is 0.471. The van der Waals surface area contributed by atoms with Crippen LogP contribution < -0.4 is 10.1 Å². The number of benzene rings is 2. The lowest BCUT2D eigenvalue weighted by atomic mass is 10.1. The second-order valence-electron chi connectivity index (χ2n) is 6.29. The smallest absolute Gasteiger partial charge is 0.337 e. The summed E-state index contributed by atoms with van der Waals surface area (Å²) >= 11 is 0. The fourth-order valence-corrected chi connectivity index (χ4v) is 2.52. The highest BCUT2D eigenvalue weighted by molar-refractivity contribution is 5.98. The second kappa shape index (κ2) is 11.4. The fourth-order valence-electron chi connectivity index (χ4n) is 2.52. The van der Waals surface area contributed by atoms with Gasteiger partial charge in [-0.2, -0.15) is 0 Å². The van der Waals surface area contributed by atoms with E-state index < -0.39 is 11.9 Å². The van der Waals surface area contributed by atoms with E-state index in [9.17, 15) is 19.2 Å². The van der Waals surface area contributed by atoms with Crippen molar-refractivity contribution in [3.63, 3.8) is 0 Å². The molecule has 2 rings (SSSR count). The van der Waals surface area contributed by atoms with E-state index in [2.05, 4.69) is 10.1 Å². The van der Waals surface area contributed by atoms with E-state index in [1.54, 1.807) is 36.4 Å². The van der Waals surface area contributed by atoms with Gasteiger partial charge in [0.25, 0.3) is 0 Å². The Morgan fingerprint density at radius 1 is 0.900 bits per heavy atom. The topological polar surface area (TPSA) is 108 Å². The molecule has 0 heterocycles. The number of anilines is 1. The highest BCUT2D eigenvalue weighted by Crippen LogP contribution is 2.14. The van der Waals surface area contributed by atoms with Crippen LogP contribution in [0.25, 0.3) is 0 Å². The standard InChI is InChI=1S/C22H23NO7/c1-28-18-6-3-5-16(13-18)19(24)14-30-21(26)8-4-7-20(25)23-17-11-9-15(10-12-17)22(27)29-2/h3,5-6,9-13H,4,7-8,14H2,1-2H3,(H,23,25). The normalized spacial score (nSPS) is 10.1. The lowest BCUT2D eigenvalue weighted by Crippen LogP contribution is -2.15. The molecule has 158 valence electrons. The Kier molecular flexibility index (Phi) is 8.56. The van der Waals surface area contributed by atoms with E-state index in [1.807, 2.05) is 0 Å². The molecule has 2 aromatic rings. The molecule has 0 spiro atoms. The summed E-state index contributed by atoms with van der Waals surface area (Å²) in [7, 11) is 2.79. The lowest BCUT2D eigenvalue weighted by molar-refractivity contribution is -0.142. The first-order valence-electron chi connectivity index (χ1n) is 9.24. The Hall–Kier alpha value is -3.68. The minimum Gasteiger partial charge on any atom is -0.497 e. The average Bonchev–Trinajstić information content (AvgIpc) is 2.77. The summed E-state index contributed by atoms with van der Waals surface area (Å²) in [5.41, 5.74) is 1.29. The summed E-state index contributed by atoms with van der Waals surface area (Å²) in [5, 5.41) is 2.67. The summed E-state index contributed by atoms with van der Waals surface area (Å²) in [5.74, 6) is -1.09. The highest BCUT2D eigenvalue weighted by Gasteiger charge is 2.12. The molecule has 8 nitrogen and oxygen atoms in total. The molecule has 0 aliphatic heterocycles. The number of Topliss-reactive ketones (excluding diaryl/α,β-unsaturated/α-hetero) is 1. The van der Waals surface area contributed by atoms with Gasteiger partial charge in [0.15, 0.2) is 12.4 Å². The van der Waals surface area contributed by atoms with Crippen LogP contribution in [0.15, 0.2) is 48.5 Å². The highest BCUT2D eigenvalue weighted by atomic mass is 16.5. The summed E-state index contributed by atoms with van der Waals surface area (Å²) in [6.45, 7) is -0.370. The maximum Gasteiger partial charge on any atom is 0.337 e. The molecule has 1 N–H and O–H groups in total. The molecule has 8 heteroatoms. The first-order valence-corrected chi connectivity index (χ1v) is 9.24. The zero-order chi connectivity index (χ0) is 21.9. The Balaban J connectivity index is 1.69. The lowest BCUT2D eigenvalue weighted by Gasteiger charge is -2.07. The SMILES string of the molecule is COC(=O)c1ccc(NC(=O)CCCC(=O)OCC(=O)c2cccc(OC)c2)cc1. The van der Waals surface area contributed by atoms with Gasteiger partial charge in [-0.05, 0) is 42.8 Å². The number of hydrogen-bond acceptors (Lipinski definition) is 7. The average molecular weight is 413 g/mol. The largest absolute Gasteiger partial charge is 0.497 e. The second-order valence-corrected chi connectivity index (χ2v) is 6.29. The first kappa shape index (κ1) is 22.6. The molecule has 0 aliphatic rings. The number of ketones is 1. The fraction of sp³-hybridized carbons (Fsp3) is 0.273. The van der Waals surface area contributed by atoms with Crippen LogP contribution in [0.2, 0.25) is 0 Å². The van der Waals surface area contributed by atoms with Crippen molar-refractivity contribution in [2.75, 3.05) is 26.1 Å². The number of rotatable bonds is 10. The summed E-state index contributed by atoms with van der Waals surface area (Å²) in [6, 6.07) is 12.8. The number of esters is 2. The molecule has 1 amide bonds. The van der Waals surface area contributed by atoms with Gasteiger partial charge in [0.1, 0.15) is 5.75 Å². The van der Waals surface area contributed by atoms with Crippen LogP contribution in [0.5, 0.6) is 5.75 Å². The number of nitrogens with one attached hydrogen (secondary N) is 1. The van der Waals surface area contributed by atoms with Gasteiger partial charge >= 0.3 is 11.9 Å². The minimum absolute atomic E-state index is 0.0140. The number of carbonyl (C=O) groups is 4. The molecule has 0 bridgehead atoms. The van der Waals surface area contributed by atoms with E-state index in [1.165, 1.54) is 26.4 Å². The number of carbonyl (C=O) groups excluding carboxylic acids is 4. The van der Waals surface area contributed by atoms with E-state index in [0.29, 0.717) is 22.6 Å². The zero-order valence-electron chi connectivity index (χ0n) is 16.8. The number of hydrogen-bond donors (Lipinski definition) is 1.